The number of hydrogen-bond donors (Lipinski definition) is 2. The molecule has 2 N–H and O–H groups in total. The molecule has 2 aromatic carbocycles. The van der Waals surface area contributed by atoms with Crippen LogP contribution in [0.3, 0.4) is 0 Å². The molecule has 1 fully saturated rings. The van der Waals surface area contributed by atoms with Crippen LogP contribution in [0.1, 0.15) is 37.7 Å². The van der Waals surface area contributed by atoms with Crippen molar-refractivity contribution in [2.45, 2.75) is 44.6 Å². The first kappa shape index (κ1) is 16.8. The standard InChI is InChI=1S/C22H26N4/c1-3-9-17(10-4-1)15-16-23-21-19-13-7-8-14-20(19)25-22(26-21)24-18-11-5-2-6-12-18/h1,3-4,7-10,13-14,18H,2,5-6,11-12,15-16H2,(H2,23,24,25,26). The fourth-order valence-electron chi connectivity index (χ4n) is 3.68. The molecule has 0 bridgehead atoms. The van der Waals surface area contributed by atoms with E-state index >= 15 is 0 Å². The fraction of sp³-hybridized carbons (Fsp3) is 0.364. The predicted octanol–water partition coefficient (Wildman–Crippen LogP) is 5.03. The first-order valence-corrected chi connectivity index (χ1v) is 9.69. The number of rotatable bonds is 6. The van der Waals surface area contributed by atoms with Gasteiger partial charge in [0, 0.05) is 18.0 Å². The second-order valence-electron chi connectivity index (χ2n) is 7.05. The van der Waals surface area contributed by atoms with Gasteiger partial charge in [0.2, 0.25) is 5.95 Å². The lowest BCUT2D eigenvalue weighted by Gasteiger charge is -2.23. The van der Waals surface area contributed by atoms with Crippen LogP contribution >= 0.6 is 0 Å². The highest BCUT2D eigenvalue weighted by Gasteiger charge is 2.15. The summed E-state index contributed by atoms with van der Waals surface area (Å²) in [6.45, 7) is 0.855. The molecule has 4 heteroatoms. The lowest BCUT2D eigenvalue weighted by molar-refractivity contribution is 0.461. The Morgan fingerprint density at radius 3 is 2.46 bits per heavy atom. The first-order chi connectivity index (χ1) is 12.9. The maximum atomic E-state index is 4.79. The van der Waals surface area contributed by atoms with Crippen molar-refractivity contribution in [3.8, 4) is 0 Å². The van der Waals surface area contributed by atoms with E-state index in [0.29, 0.717) is 6.04 Å². The molecule has 1 heterocycles. The highest BCUT2D eigenvalue weighted by Crippen LogP contribution is 2.24. The molecule has 1 aliphatic rings. The molecule has 1 aliphatic carbocycles. The van der Waals surface area contributed by atoms with Gasteiger partial charge in [-0.1, -0.05) is 61.7 Å². The van der Waals surface area contributed by atoms with E-state index in [1.165, 1.54) is 37.7 Å². The van der Waals surface area contributed by atoms with Crippen LogP contribution in [0.15, 0.2) is 54.6 Å². The van der Waals surface area contributed by atoms with Gasteiger partial charge in [0.25, 0.3) is 0 Å². The van der Waals surface area contributed by atoms with Crippen LogP contribution in [0.2, 0.25) is 0 Å². The molecule has 0 unspecified atom stereocenters. The SMILES string of the molecule is c1ccc(CCNc2nc(NC3CCCCC3)nc3ccccc23)cc1. The molecular weight excluding hydrogens is 320 g/mol. The maximum Gasteiger partial charge on any atom is 0.225 e. The molecule has 0 spiro atoms. The highest BCUT2D eigenvalue weighted by molar-refractivity contribution is 5.90. The van der Waals surface area contributed by atoms with E-state index in [1.807, 2.05) is 12.1 Å². The minimum absolute atomic E-state index is 0.502. The Bertz CT molecular complexity index is 841. The van der Waals surface area contributed by atoms with Gasteiger partial charge in [-0.15, -0.1) is 0 Å². The number of nitrogens with one attached hydrogen (secondary N) is 2. The third-order valence-electron chi connectivity index (χ3n) is 5.09. The molecule has 0 amide bonds. The van der Waals surface area contributed by atoms with Crippen LogP contribution in [0.5, 0.6) is 0 Å². The molecule has 3 aromatic rings. The van der Waals surface area contributed by atoms with Gasteiger partial charge in [-0.05, 0) is 37.0 Å². The molecule has 134 valence electrons. The fourth-order valence-corrected chi connectivity index (χ4v) is 3.68. The summed E-state index contributed by atoms with van der Waals surface area (Å²) >= 11 is 0. The molecule has 0 aliphatic heterocycles. The number of fused-ring (bicyclic) bond motifs is 1. The summed E-state index contributed by atoms with van der Waals surface area (Å²) in [4.78, 5) is 9.53. The number of hydrogen-bond acceptors (Lipinski definition) is 4. The molecular formula is C22H26N4. The number of para-hydroxylation sites is 1. The zero-order valence-corrected chi connectivity index (χ0v) is 15.1. The number of aromatic nitrogens is 2. The summed E-state index contributed by atoms with van der Waals surface area (Å²) in [5, 5.41) is 8.16. The Morgan fingerprint density at radius 1 is 0.846 bits per heavy atom. The summed E-state index contributed by atoms with van der Waals surface area (Å²) in [5.74, 6) is 1.67. The quantitative estimate of drug-likeness (QED) is 0.657. The van der Waals surface area contributed by atoms with Crippen molar-refractivity contribution in [3.63, 3.8) is 0 Å². The van der Waals surface area contributed by atoms with Crippen molar-refractivity contribution in [2.75, 3.05) is 17.2 Å². The number of anilines is 2. The highest BCUT2D eigenvalue weighted by atomic mass is 15.2. The topological polar surface area (TPSA) is 49.8 Å². The molecule has 0 radical (unpaired) electrons. The summed E-state index contributed by atoms with van der Waals surface area (Å²) in [6, 6.07) is 19.3. The van der Waals surface area contributed by atoms with E-state index in [1.54, 1.807) is 0 Å². The van der Waals surface area contributed by atoms with Crippen LogP contribution < -0.4 is 10.6 Å². The largest absolute Gasteiger partial charge is 0.369 e. The molecule has 1 aromatic heterocycles. The lowest BCUT2D eigenvalue weighted by Crippen LogP contribution is -2.23. The third kappa shape index (κ3) is 4.13. The third-order valence-corrected chi connectivity index (χ3v) is 5.09. The average Bonchev–Trinajstić information content (AvgIpc) is 2.69. The normalized spacial score (nSPS) is 15.1. The smallest absolute Gasteiger partial charge is 0.225 e. The van der Waals surface area contributed by atoms with Gasteiger partial charge in [0.05, 0.1) is 5.52 Å². The Hall–Kier alpha value is -2.62. The Morgan fingerprint density at radius 2 is 1.62 bits per heavy atom. The number of benzene rings is 2. The van der Waals surface area contributed by atoms with Gasteiger partial charge < -0.3 is 10.6 Å². The van der Waals surface area contributed by atoms with E-state index in [-0.39, 0.29) is 0 Å². The van der Waals surface area contributed by atoms with Crippen LogP contribution in [0.4, 0.5) is 11.8 Å². The van der Waals surface area contributed by atoms with Crippen LogP contribution in [-0.4, -0.2) is 22.6 Å². The van der Waals surface area contributed by atoms with Crippen molar-refractivity contribution < 1.29 is 0 Å². The number of nitrogens with zero attached hydrogens (tertiary/aromatic N) is 2. The summed E-state index contributed by atoms with van der Waals surface area (Å²) in [7, 11) is 0. The second-order valence-corrected chi connectivity index (χ2v) is 7.05. The minimum atomic E-state index is 0.502. The van der Waals surface area contributed by atoms with Gasteiger partial charge >= 0.3 is 0 Å². The molecule has 26 heavy (non-hydrogen) atoms. The molecule has 0 atom stereocenters. The first-order valence-electron chi connectivity index (χ1n) is 9.69. The van der Waals surface area contributed by atoms with Crippen molar-refractivity contribution in [1.29, 1.82) is 0 Å². The summed E-state index contributed by atoms with van der Waals surface area (Å²) in [5.41, 5.74) is 2.32. The predicted molar refractivity (Wildman–Crippen MR) is 109 cm³/mol. The van der Waals surface area contributed by atoms with Crippen LogP contribution in [-0.2, 0) is 6.42 Å². The van der Waals surface area contributed by atoms with Crippen molar-refractivity contribution in [2.24, 2.45) is 0 Å². The molecule has 1 saturated carbocycles. The Kier molecular flexibility index (Phi) is 5.29. The van der Waals surface area contributed by atoms with Gasteiger partial charge in [0.15, 0.2) is 0 Å². The van der Waals surface area contributed by atoms with Crippen LogP contribution in [0, 0.1) is 0 Å². The second kappa shape index (κ2) is 8.17. The Labute approximate surface area is 155 Å². The van der Waals surface area contributed by atoms with Crippen LogP contribution in [0.25, 0.3) is 10.9 Å². The summed E-state index contributed by atoms with van der Waals surface area (Å²) < 4.78 is 0. The van der Waals surface area contributed by atoms with E-state index < -0.39 is 0 Å². The van der Waals surface area contributed by atoms with Crippen molar-refractivity contribution in [3.05, 3.63) is 60.2 Å². The Balaban J connectivity index is 1.51. The van der Waals surface area contributed by atoms with E-state index in [4.69, 9.17) is 9.97 Å². The molecule has 4 rings (SSSR count). The monoisotopic (exact) mass is 346 g/mol. The van der Waals surface area contributed by atoms with E-state index in [9.17, 15) is 0 Å². The van der Waals surface area contributed by atoms with Crippen molar-refractivity contribution >= 4 is 22.7 Å². The maximum absolute atomic E-state index is 4.79. The van der Waals surface area contributed by atoms with Gasteiger partial charge in [0.1, 0.15) is 5.82 Å². The zero-order valence-electron chi connectivity index (χ0n) is 15.1. The zero-order chi connectivity index (χ0) is 17.6. The van der Waals surface area contributed by atoms with Gasteiger partial charge in [-0.3, -0.25) is 0 Å². The lowest BCUT2D eigenvalue weighted by atomic mass is 9.96. The average molecular weight is 346 g/mol. The van der Waals surface area contributed by atoms with Gasteiger partial charge in [-0.2, -0.15) is 4.98 Å². The molecule has 0 saturated heterocycles. The summed E-state index contributed by atoms with van der Waals surface area (Å²) in [6.07, 6.45) is 7.36. The minimum Gasteiger partial charge on any atom is -0.369 e. The van der Waals surface area contributed by atoms with E-state index in [2.05, 4.69) is 53.1 Å². The molecule has 4 nitrogen and oxygen atoms in total. The van der Waals surface area contributed by atoms with E-state index in [0.717, 1.165) is 35.6 Å². The van der Waals surface area contributed by atoms with Crippen molar-refractivity contribution in [1.82, 2.24) is 9.97 Å². The van der Waals surface area contributed by atoms with Gasteiger partial charge in [-0.25, -0.2) is 4.98 Å².